The average molecular weight is 290 g/mol. The minimum absolute atomic E-state index is 0.145. The molecule has 0 amide bonds. The van der Waals surface area contributed by atoms with Crippen molar-refractivity contribution in [2.24, 2.45) is 5.41 Å². The van der Waals surface area contributed by atoms with Crippen molar-refractivity contribution in [3.63, 3.8) is 0 Å². The first-order chi connectivity index (χ1) is 10.0. The fourth-order valence-corrected chi connectivity index (χ4v) is 2.70. The quantitative estimate of drug-likeness (QED) is 0.906. The molecule has 4 heteroatoms. The van der Waals surface area contributed by atoms with Crippen molar-refractivity contribution < 1.29 is 19.4 Å². The predicted molar refractivity (Wildman–Crippen MR) is 81.6 cm³/mol. The fourth-order valence-electron chi connectivity index (χ4n) is 2.70. The average Bonchev–Trinajstić information content (AvgIpc) is 2.75. The number of benzene rings is 1. The maximum atomic E-state index is 11.9. The Labute approximate surface area is 125 Å². The van der Waals surface area contributed by atoms with Gasteiger partial charge in [-0.2, -0.15) is 0 Å². The van der Waals surface area contributed by atoms with Gasteiger partial charge >= 0.3 is 0 Å². The number of rotatable bonds is 5. The molecule has 1 aliphatic rings. The van der Waals surface area contributed by atoms with Crippen LogP contribution >= 0.6 is 0 Å². The van der Waals surface area contributed by atoms with Gasteiger partial charge in [0.05, 0.1) is 25.7 Å². The minimum atomic E-state index is -0.646. The summed E-state index contributed by atoms with van der Waals surface area (Å²) < 4.78 is 10.5. The van der Waals surface area contributed by atoms with Gasteiger partial charge in [-0.25, -0.2) is 0 Å². The summed E-state index contributed by atoms with van der Waals surface area (Å²) >= 11 is 0. The van der Waals surface area contributed by atoms with Crippen LogP contribution in [-0.4, -0.2) is 31.2 Å². The third-order valence-electron chi connectivity index (χ3n) is 4.28. The zero-order valence-electron chi connectivity index (χ0n) is 12.8. The molecule has 114 valence electrons. The summed E-state index contributed by atoms with van der Waals surface area (Å²) in [5.74, 6) is 1.50. The number of carbonyl (C=O) groups is 1. The van der Waals surface area contributed by atoms with Crippen molar-refractivity contribution in [1.29, 1.82) is 0 Å². The SMILES string of the molecule is COc1ccc(/C=C/CC2(C)C(=O)CCC2O)cc1OC. The lowest BCUT2D eigenvalue weighted by molar-refractivity contribution is -0.127. The Kier molecular flexibility index (Phi) is 4.68. The molecule has 0 radical (unpaired) electrons. The summed E-state index contributed by atoms with van der Waals surface area (Å²) in [6.45, 7) is 1.84. The number of aliphatic hydroxyl groups is 1. The van der Waals surface area contributed by atoms with Crippen molar-refractivity contribution >= 4 is 11.9 Å². The van der Waals surface area contributed by atoms with Crippen molar-refractivity contribution in [3.05, 3.63) is 29.8 Å². The lowest BCUT2D eigenvalue weighted by Gasteiger charge is -2.24. The third-order valence-corrected chi connectivity index (χ3v) is 4.28. The molecule has 1 aromatic rings. The molecule has 1 saturated carbocycles. The van der Waals surface area contributed by atoms with Gasteiger partial charge in [-0.1, -0.05) is 18.2 Å². The molecule has 0 bridgehead atoms. The lowest BCUT2D eigenvalue weighted by atomic mass is 9.82. The number of hydrogen-bond donors (Lipinski definition) is 1. The largest absolute Gasteiger partial charge is 0.493 e. The summed E-state index contributed by atoms with van der Waals surface area (Å²) in [6.07, 6.45) is 4.92. The van der Waals surface area contributed by atoms with Crippen LogP contribution in [0.1, 0.15) is 31.7 Å². The Bertz CT molecular complexity index is 550. The molecule has 0 heterocycles. The molecule has 1 N–H and O–H groups in total. The summed E-state index contributed by atoms with van der Waals surface area (Å²) in [5.41, 5.74) is 0.323. The van der Waals surface area contributed by atoms with Gasteiger partial charge in [0, 0.05) is 6.42 Å². The number of methoxy groups -OCH3 is 2. The van der Waals surface area contributed by atoms with Gasteiger partial charge in [0.15, 0.2) is 11.5 Å². The van der Waals surface area contributed by atoms with E-state index in [1.54, 1.807) is 14.2 Å². The first kappa shape index (κ1) is 15.6. The highest BCUT2D eigenvalue weighted by Gasteiger charge is 2.44. The molecular formula is C17H22O4. The number of hydrogen-bond acceptors (Lipinski definition) is 4. The van der Waals surface area contributed by atoms with Crippen LogP contribution in [0.5, 0.6) is 11.5 Å². The Hall–Kier alpha value is -1.81. The predicted octanol–water partition coefficient (Wildman–Crippen LogP) is 2.84. The summed E-state index contributed by atoms with van der Waals surface area (Å²) in [6, 6.07) is 5.65. The minimum Gasteiger partial charge on any atom is -0.493 e. The topological polar surface area (TPSA) is 55.8 Å². The maximum Gasteiger partial charge on any atom is 0.161 e. The van der Waals surface area contributed by atoms with Crippen molar-refractivity contribution in [2.45, 2.75) is 32.3 Å². The van der Waals surface area contributed by atoms with E-state index in [1.807, 2.05) is 37.3 Å². The second kappa shape index (κ2) is 6.31. The monoisotopic (exact) mass is 290 g/mol. The third kappa shape index (κ3) is 3.10. The Morgan fingerprint density at radius 3 is 2.62 bits per heavy atom. The van der Waals surface area contributed by atoms with Gasteiger partial charge in [0.25, 0.3) is 0 Å². The summed E-state index contributed by atoms with van der Waals surface area (Å²) in [5, 5.41) is 9.98. The summed E-state index contributed by atoms with van der Waals surface area (Å²) in [7, 11) is 3.20. The van der Waals surface area contributed by atoms with E-state index in [1.165, 1.54) is 0 Å². The van der Waals surface area contributed by atoms with Crippen LogP contribution in [0.25, 0.3) is 6.08 Å². The van der Waals surface area contributed by atoms with E-state index in [0.717, 1.165) is 5.56 Å². The number of aliphatic hydroxyl groups excluding tert-OH is 1. The molecule has 2 atom stereocenters. The standard InChI is InChI=1S/C17H22O4/c1-17(15(18)8-9-16(17)19)10-4-5-12-6-7-13(20-2)14(11-12)21-3/h4-7,11,15,18H,8-10H2,1-3H3/b5-4+. The summed E-state index contributed by atoms with van der Waals surface area (Å²) in [4.78, 5) is 11.9. The van der Waals surface area contributed by atoms with E-state index in [-0.39, 0.29) is 5.78 Å². The van der Waals surface area contributed by atoms with Crippen molar-refractivity contribution in [2.75, 3.05) is 14.2 Å². The van der Waals surface area contributed by atoms with Crippen molar-refractivity contribution in [1.82, 2.24) is 0 Å². The van der Waals surface area contributed by atoms with Gasteiger partial charge in [0.1, 0.15) is 5.78 Å². The van der Waals surface area contributed by atoms with Crippen molar-refractivity contribution in [3.8, 4) is 11.5 Å². The number of allylic oxidation sites excluding steroid dienone is 1. The van der Waals surface area contributed by atoms with Crippen LogP contribution in [0.3, 0.4) is 0 Å². The van der Waals surface area contributed by atoms with Crippen LogP contribution in [0, 0.1) is 5.41 Å². The molecule has 21 heavy (non-hydrogen) atoms. The highest BCUT2D eigenvalue weighted by atomic mass is 16.5. The molecule has 1 aromatic carbocycles. The van der Waals surface area contributed by atoms with E-state index < -0.39 is 11.5 Å². The van der Waals surface area contributed by atoms with Gasteiger partial charge in [-0.15, -0.1) is 0 Å². The highest BCUT2D eigenvalue weighted by molar-refractivity contribution is 5.87. The molecule has 0 spiro atoms. The first-order valence-electron chi connectivity index (χ1n) is 7.11. The molecule has 1 fully saturated rings. The van der Waals surface area contributed by atoms with E-state index >= 15 is 0 Å². The molecule has 0 aliphatic heterocycles. The second-order valence-corrected chi connectivity index (χ2v) is 5.62. The van der Waals surface area contributed by atoms with Gasteiger partial charge < -0.3 is 14.6 Å². The van der Waals surface area contributed by atoms with E-state index in [9.17, 15) is 9.90 Å². The zero-order chi connectivity index (χ0) is 15.5. The first-order valence-corrected chi connectivity index (χ1v) is 7.11. The lowest BCUT2D eigenvalue weighted by Crippen LogP contribution is -2.32. The number of ether oxygens (including phenoxy) is 2. The van der Waals surface area contributed by atoms with Crippen LogP contribution in [-0.2, 0) is 4.79 Å². The molecule has 0 aromatic heterocycles. The molecule has 0 saturated heterocycles. The molecule has 2 rings (SSSR count). The number of ketones is 1. The van der Waals surface area contributed by atoms with Gasteiger partial charge in [-0.3, -0.25) is 4.79 Å². The Balaban J connectivity index is 2.10. The second-order valence-electron chi connectivity index (χ2n) is 5.62. The van der Waals surface area contributed by atoms with E-state index in [2.05, 4.69) is 0 Å². The van der Waals surface area contributed by atoms with Crippen LogP contribution in [0.15, 0.2) is 24.3 Å². The van der Waals surface area contributed by atoms with E-state index in [0.29, 0.717) is 30.8 Å². The van der Waals surface area contributed by atoms with Crippen LogP contribution in [0.4, 0.5) is 0 Å². The zero-order valence-corrected chi connectivity index (χ0v) is 12.8. The number of carbonyl (C=O) groups excluding carboxylic acids is 1. The molecular weight excluding hydrogens is 268 g/mol. The highest BCUT2D eigenvalue weighted by Crippen LogP contribution is 2.38. The number of Topliss-reactive ketones (excluding diaryl/α,β-unsaturated/α-hetero) is 1. The van der Waals surface area contributed by atoms with Crippen LogP contribution in [0.2, 0.25) is 0 Å². The fraction of sp³-hybridized carbons (Fsp3) is 0.471. The van der Waals surface area contributed by atoms with Gasteiger partial charge in [0.2, 0.25) is 0 Å². The Morgan fingerprint density at radius 2 is 2.05 bits per heavy atom. The smallest absolute Gasteiger partial charge is 0.161 e. The van der Waals surface area contributed by atoms with Crippen LogP contribution < -0.4 is 9.47 Å². The molecule has 1 aliphatic carbocycles. The Morgan fingerprint density at radius 1 is 1.33 bits per heavy atom. The van der Waals surface area contributed by atoms with E-state index in [4.69, 9.17) is 9.47 Å². The maximum absolute atomic E-state index is 11.9. The normalized spacial score (nSPS) is 25.5. The molecule has 4 nitrogen and oxygen atoms in total. The molecule has 2 unspecified atom stereocenters. The van der Waals surface area contributed by atoms with Gasteiger partial charge in [-0.05, 0) is 37.5 Å².